The molecule has 21 heavy (non-hydrogen) atoms. The highest BCUT2D eigenvalue weighted by atomic mass is 15.1. The molecule has 0 atom stereocenters. The molecule has 0 fully saturated rings. The molecule has 2 aromatic heterocycles. The Morgan fingerprint density at radius 3 is 2.52 bits per heavy atom. The summed E-state index contributed by atoms with van der Waals surface area (Å²) in [6, 6.07) is 5.75. The van der Waals surface area contributed by atoms with Crippen LogP contribution in [-0.2, 0) is 13.0 Å². The quantitative estimate of drug-likeness (QED) is 0.777. The van der Waals surface area contributed by atoms with Crippen molar-refractivity contribution in [3.8, 4) is 0 Å². The molecule has 0 radical (unpaired) electrons. The van der Waals surface area contributed by atoms with Crippen LogP contribution in [0.4, 0.5) is 11.6 Å². The summed E-state index contributed by atoms with van der Waals surface area (Å²) in [4.78, 5) is 9.06. The van der Waals surface area contributed by atoms with Crippen LogP contribution in [0, 0.1) is 0 Å². The minimum atomic E-state index is 0.601. The molecule has 0 saturated heterocycles. The van der Waals surface area contributed by atoms with E-state index in [1.807, 2.05) is 18.2 Å². The number of hydrogen-bond donors (Lipinski definition) is 2. The molecule has 2 heterocycles. The van der Waals surface area contributed by atoms with Gasteiger partial charge in [0.05, 0.1) is 12.2 Å². The first-order valence-corrected chi connectivity index (χ1v) is 7.44. The van der Waals surface area contributed by atoms with Crippen LogP contribution in [0.3, 0.4) is 0 Å². The minimum absolute atomic E-state index is 0.601. The number of nitrogens with one attached hydrogen (secondary N) is 2. The Kier molecular flexibility index (Phi) is 5.87. The second kappa shape index (κ2) is 8.14. The maximum Gasteiger partial charge on any atom is 0.133 e. The Morgan fingerprint density at radius 2 is 1.86 bits per heavy atom. The van der Waals surface area contributed by atoms with Crippen LogP contribution in [0.1, 0.15) is 38.2 Å². The van der Waals surface area contributed by atoms with Crippen LogP contribution in [0.2, 0.25) is 0 Å². The summed E-state index contributed by atoms with van der Waals surface area (Å²) in [6.45, 7) is 5.77. The number of aryl methyl sites for hydroxylation is 1. The average molecular weight is 286 g/mol. The topological polar surface area (TPSA) is 75.6 Å². The van der Waals surface area contributed by atoms with Crippen molar-refractivity contribution in [3.05, 3.63) is 35.9 Å². The summed E-state index contributed by atoms with van der Waals surface area (Å²) >= 11 is 0. The first-order chi connectivity index (χ1) is 10.3. The van der Waals surface area contributed by atoms with E-state index in [0.29, 0.717) is 6.54 Å². The van der Waals surface area contributed by atoms with Crippen LogP contribution in [-0.4, -0.2) is 26.7 Å². The van der Waals surface area contributed by atoms with E-state index in [9.17, 15) is 0 Å². The fourth-order valence-electron chi connectivity index (χ4n) is 1.88. The number of anilines is 2. The van der Waals surface area contributed by atoms with Gasteiger partial charge in [0.15, 0.2) is 0 Å². The Labute approximate surface area is 125 Å². The van der Waals surface area contributed by atoms with Crippen LogP contribution in [0.5, 0.6) is 0 Å². The Hall–Kier alpha value is -2.24. The molecule has 0 saturated carbocycles. The highest BCUT2D eigenvalue weighted by molar-refractivity contribution is 5.47. The highest BCUT2D eigenvalue weighted by Gasteiger charge is 2.04. The van der Waals surface area contributed by atoms with Gasteiger partial charge in [0.25, 0.3) is 0 Å². The van der Waals surface area contributed by atoms with E-state index in [-0.39, 0.29) is 0 Å². The summed E-state index contributed by atoms with van der Waals surface area (Å²) in [5, 5.41) is 14.5. The normalized spacial score (nSPS) is 10.4. The first kappa shape index (κ1) is 15.2. The van der Waals surface area contributed by atoms with Crippen molar-refractivity contribution in [1.29, 1.82) is 0 Å². The molecular formula is C15H22N6. The Bertz CT molecular complexity index is 543. The van der Waals surface area contributed by atoms with Gasteiger partial charge >= 0.3 is 0 Å². The zero-order chi connectivity index (χ0) is 14.9. The molecule has 0 amide bonds. The molecular weight excluding hydrogens is 264 g/mol. The monoisotopic (exact) mass is 286 g/mol. The molecule has 2 aromatic rings. The van der Waals surface area contributed by atoms with Crippen LogP contribution < -0.4 is 10.6 Å². The summed E-state index contributed by atoms with van der Waals surface area (Å²) in [7, 11) is 0. The Morgan fingerprint density at radius 1 is 1.05 bits per heavy atom. The van der Waals surface area contributed by atoms with E-state index in [4.69, 9.17) is 0 Å². The van der Waals surface area contributed by atoms with Crippen molar-refractivity contribution >= 4 is 11.6 Å². The molecule has 0 bridgehead atoms. The number of aromatic nitrogens is 4. The Balaban J connectivity index is 2.07. The largest absolute Gasteiger partial charge is 0.370 e. The molecule has 112 valence electrons. The molecule has 0 aliphatic carbocycles. The number of hydrogen-bond acceptors (Lipinski definition) is 6. The van der Waals surface area contributed by atoms with Crippen molar-refractivity contribution in [2.75, 3.05) is 17.2 Å². The average Bonchev–Trinajstić information content (AvgIpc) is 2.52. The van der Waals surface area contributed by atoms with E-state index in [2.05, 4.69) is 44.6 Å². The zero-order valence-corrected chi connectivity index (χ0v) is 12.6. The number of rotatable bonds is 8. The van der Waals surface area contributed by atoms with Crippen molar-refractivity contribution in [1.82, 2.24) is 20.2 Å². The van der Waals surface area contributed by atoms with E-state index in [0.717, 1.165) is 49.0 Å². The molecule has 6 heteroatoms. The van der Waals surface area contributed by atoms with Gasteiger partial charge in [0.2, 0.25) is 0 Å². The molecule has 2 rings (SSSR count). The summed E-state index contributed by atoms with van der Waals surface area (Å²) in [6.07, 6.45) is 4.64. The maximum absolute atomic E-state index is 4.54. The van der Waals surface area contributed by atoms with E-state index >= 15 is 0 Å². The van der Waals surface area contributed by atoms with Gasteiger partial charge in [0, 0.05) is 25.2 Å². The summed E-state index contributed by atoms with van der Waals surface area (Å²) in [5.41, 5.74) is 0.885. The van der Waals surface area contributed by atoms with Gasteiger partial charge in [-0.2, -0.15) is 10.2 Å². The van der Waals surface area contributed by atoms with Crippen molar-refractivity contribution < 1.29 is 0 Å². The van der Waals surface area contributed by atoms with E-state index in [1.54, 1.807) is 6.20 Å². The molecule has 0 unspecified atom stereocenters. The third kappa shape index (κ3) is 4.98. The van der Waals surface area contributed by atoms with Gasteiger partial charge in [-0.3, -0.25) is 0 Å². The lowest BCUT2D eigenvalue weighted by molar-refractivity contribution is 0.829. The van der Waals surface area contributed by atoms with Crippen molar-refractivity contribution in [3.63, 3.8) is 0 Å². The fourth-order valence-corrected chi connectivity index (χ4v) is 1.88. The van der Waals surface area contributed by atoms with Gasteiger partial charge < -0.3 is 10.6 Å². The predicted octanol–water partition coefficient (Wildman–Crippen LogP) is 2.65. The third-order valence-corrected chi connectivity index (χ3v) is 2.88. The third-order valence-electron chi connectivity index (χ3n) is 2.88. The maximum atomic E-state index is 4.54. The van der Waals surface area contributed by atoms with Crippen LogP contribution in [0.15, 0.2) is 24.4 Å². The lowest BCUT2D eigenvalue weighted by atomic mass is 10.3. The SMILES string of the molecule is CCCNc1cc(NCc2cccnn2)nc(CCC)n1. The minimum Gasteiger partial charge on any atom is -0.370 e. The van der Waals surface area contributed by atoms with Crippen molar-refractivity contribution in [2.24, 2.45) is 0 Å². The summed E-state index contributed by atoms with van der Waals surface area (Å²) in [5.74, 6) is 2.55. The van der Waals surface area contributed by atoms with Gasteiger partial charge in [-0.15, -0.1) is 0 Å². The van der Waals surface area contributed by atoms with Crippen LogP contribution in [0.25, 0.3) is 0 Å². The molecule has 0 spiro atoms. The van der Waals surface area contributed by atoms with Gasteiger partial charge in [-0.1, -0.05) is 13.8 Å². The van der Waals surface area contributed by atoms with Gasteiger partial charge in [0.1, 0.15) is 17.5 Å². The standard InChI is InChI=1S/C15H22N6/c1-3-6-13-19-14(16-8-4-2)10-15(20-13)17-11-12-7-5-9-18-21-12/h5,7,9-10H,3-4,6,8,11H2,1-2H3,(H2,16,17,19,20). The first-order valence-electron chi connectivity index (χ1n) is 7.44. The predicted molar refractivity (Wildman–Crippen MR) is 84.2 cm³/mol. The van der Waals surface area contributed by atoms with Crippen molar-refractivity contribution in [2.45, 2.75) is 39.7 Å². The molecule has 6 nitrogen and oxygen atoms in total. The second-order valence-electron chi connectivity index (χ2n) is 4.80. The molecule has 2 N–H and O–H groups in total. The second-order valence-corrected chi connectivity index (χ2v) is 4.80. The zero-order valence-electron chi connectivity index (χ0n) is 12.6. The van der Waals surface area contributed by atoms with Gasteiger partial charge in [-0.05, 0) is 25.0 Å². The fraction of sp³-hybridized carbons (Fsp3) is 0.467. The van der Waals surface area contributed by atoms with E-state index in [1.165, 1.54) is 0 Å². The lowest BCUT2D eigenvalue weighted by Gasteiger charge is -2.10. The smallest absolute Gasteiger partial charge is 0.133 e. The molecule has 0 aliphatic heterocycles. The van der Waals surface area contributed by atoms with E-state index < -0.39 is 0 Å². The number of nitrogens with zero attached hydrogens (tertiary/aromatic N) is 4. The molecule has 0 aliphatic rings. The highest BCUT2D eigenvalue weighted by Crippen LogP contribution is 2.13. The summed E-state index contributed by atoms with van der Waals surface area (Å²) < 4.78 is 0. The lowest BCUT2D eigenvalue weighted by Crippen LogP contribution is -2.09. The van der Waals surface area contributed by atoms with Gasteiger partial charge in [-0.25, -0.2) is 9.97 Å². The molecule has 0 aromatic carbocycles. The van der Waals surface area contributed by atoms with Crippen LogP contribution >= 0.6 is 0 Å².